The van der Waals surface area contributed by atoms with E-state index in [1.807, 2.05) is 24.3 Å². The molecule has 2 aromatic carbocycles. The van der Waals surface area contributed by atoms with Crippen LogP contribution in [-0.4, -0.2) is 25.6 Å². The monoisotopic (exact) mass is 313 g/mol. The van der Waals surface area contributed by atoms with E-state index in [4.69, 9.17) is 9.53 Å². The van der Waals surface area contributed by atoms with Crippen molar-refractivity contribution in [2.45, 2.75) is 19.6 Å². The molecule has 0 amide bonds. The van der Waals surface area contributed by atoms with Crippen molar-refractivity contribution in [3.8, 4) is 5.75 Å². The fourth-order valence-corrected chi connectivity index (χ4v) is 2.73. The van der Waals surface area contributed by atoms with Crippen LogP contribution in [0.5, 0.6) is 5.75 Å². The Labute approximate surface area is 131 Å². The lowest BCUT2D eigenvalue weighted by Gasteiger charge is -2.18. The number of benzene rings is 2. The van der Waals surface area contributed by atoms with E-state index < -0.39 is 14.3 Å². The number of aromatic carboxylic acids is 1. The molecular weight excluding hydrogens is 294 g/mol. The zero-order chi connectivity index (χ0) is 16.2. The summed E-state index contributed by atoms with van der Waals surface area (Å²) in [6, 6.07) is 14.3. The number of aliphatic imine (C=N–C) groups is 1. The van der Waals surface area contributed by atoms with Crippen LogP contribution in [0.1, 0.15) is 15.9 Å². The van der Waals surface area contributed by atoms with Gasteiger partial charge in [-0.05, 0) is 61.6 Å². The Kier molecular flexibility index (Phi) is 4.77. The number of hydrogen-bond donors (Lipinski definition) is 1. The first kappa shape index (κ1) is 16.0. The molecule has 0 unspecified atom stereocenters. The minimum Gasteiger partial charge on any atom is -0.544 e. The van der Waals surface area contributed by atoms with Crippen LogP contribution in [0.4, 0.5) is 5.69 Å². The van der Waals surface area contributed by atoms with Gasteiger partial charge in [-0.15, -0.1) is 0 Å². The Bertz CT molecular complexity index is 688. The topological polar surface area (TPSA) is 58.9 Å². The lowest BCUT2D eigenvalue weighted by atomic mass is 10.2. The maximum Gasteiger partial charge on any atom is 0.337 e. The predicted molar refractivity (Wildman–Crippen MR) is 91.1 cm³/mol. The third-order valence-electron chi connectivity index (χ3n) is 2.79. The molecule has 0 aliphatic heterocycles. The first-order valence-electron chi connectivity index (χ1n) is 7.01. The second-order valence-electron chi connectivity index (χ2n) is 5.86. The van der Waals surface area contributed by atoms with Gasteiger partial charge in [-0.1, -0.05) is 12.1 Å². The van der Waals surface area contributed by atoms with Gasteiger partial charge in [0.05, 0.1) is 11.3 Å². The van der Waals surface area contributed by atoms with Gasteiger partial charge in [0.25, 0.3) is 0 Å². The number of rotatable bonds is 5. The highest BCUT2D eigenvalue weighted by Gasteiger charge is 2.15. The normalized spacial score (nSPS) is 11.6. The molecule has 2 rings (SSSR count). The summed E-state index contributed by atoms with van der Waals surface area (Å²) in [5.41, 5.74) is 1.53. The van der Waals surface area contributed by atoms with Gasteiger partial charge in [-0.2, -0.15) is 0 Å². The number of carbonyl (C=O) groups is 1. The zero-order valence-corrected chi connectivity index (χ0v) is 13.9. The molecule has 0 aliphatic rings. The minimum atomic E-state index is -1.61. The average molecular weight is 313 g/mol. The van der Waals surface area contributed by atoms with Crippen LogP contribution in [0.25, 0.3) is 0 Å². The van der Waals surface area contributed by atoms with Gasteiger partial charge >= 0.3 is 5.97 Å². The molecule has 114 valence electrons. The molecule has 0 aliphatic carbocycles. The van der Waals surface area contributed by atoms with Crippen molar-refractivity contribution in [1.82, 2.24) is 0 Å². The molecular formula is C17H19NO3Si. The van der Waals surface area contributed by atoms with Gasteiger partial charge in [0.2, 0.25) is 8.32 Å². The largest absolute Gasteiger partial charge is 0.544 e. The molecule has 0 saturated carbocycles. The highest BCUT2D eigenvalue weighted by Crippen LogP contribution is 2.20. The number of para-hydroxylation sites is 1. The van der Waals surface area contributed by atoms with Gasteiger partial charge in [0, 0.05) is 6.21 Å². The van der Waals surface area contributed by atoms with Crippen LogP contribution in [0.3, 0.4) is 0 Å². The van der Waals surface area contributed by atoms with E-state index in [9.17, 15) is 4.79 Å². The molecule has 22 heavy (non-hydrogen) atoms. The summed E-state index contributed by atoms with van der Waals surface area (Å²) in [5.74, 6) is -0.131. The third kappa shape index (κ3) is 4.56. The first-order valence-corrected chi connectivity index (χ1v) is 10.4. The Morgan fingerprint density at radius 2 is 1.73 bits per heavy atom. The molecule has 0 spiro atoms. The summed E-state index contributed by atoms with van der Waals surface area (Å²) >= 11 is 0. The average Bonchev–Trinajstić information content (AvgIpc) is 2.45. The van der Waals surface area contributed by atoms with Crippen LogP contribution in [0.2, 0.25) is 19.6 Å². The molecule has 4 nitrogen and oxygen atoms in total. The van der Waals surface area contributed by atoms with Gasteiger partial charge in [-0.3, -0.25) is 4.99 Å². The molecule has 2 aromatic rings. The Balaban J connectivity index is 2.16. The van der Waals surface area contributed by atoms with Gasteiger partial charge in [0.15, 0.2) is 0 Å². The van der Waals surface area contributed by atoms with E-state index >= 15 is 0 Å². The number of carboxylic acids is 1. The van der Waals surface area contributed by atoms with Crippen LogP contribution < -0.4 is 4.43 Å². The van der Waals surface area contributed by atoms with E-state index in [1.54, 1.807) is 30.5 Å². The van der Waals surface area contributed by atoms with Crippen molar-refractivity contribution < 1.29 is 14.3 Å². The predicted octanol–water partition coefficient (Wildman–Crippen LogP) is 4.35. The SMILES string of the molecule is C[Si](C)(C)Oc1ccc(C=Nc2ccccc2C(=O)O)cc1. The van der Waals surface area contributed by atoms with Crippen LogP contribution >= 0.6 is 0 Å². The Morgan fingerprint density at radius 1 is 1.09 bits per heavy atom. The highest BCUT2D eigenvalue weighted by atomic mass is 28.4. The molecule has 5 heteroatoms. The molecule has 1 N–H and O–H groups in total. The van der Waals surface area contributed by atoms with E-state index in [2.05, 4.69) is 24.6 Å². The quantitative estimate of drug-likeness (QED) is 0.659. The van der Waals surface area contributed by atoms with E-state index in [0.717, 1.165) is 11.3 Å². The zero-order valence-electron chi connectivity index (χ0n) is 12.9. The van der Waals surface area contributed by atoms with Crippen molar-refractivity contribution >= 4 is 26.2 Å². The summed E-state index contributed by atoms with van der Waals surface area (Å²) in [6.45, 7) is 6.39. The smallest absolute Gasteiger partial charge is 0.337 e. The highest BCUT2D eigenvalue weighted by molar-refractivity contribution is 6.70. The van der Waals surface area contributed by atoms with Crippen molar-refractivity contribution in [1.29, 1.82) is 0 Å². The number of hydrogen-bond acceptors (Lipinski definition) is 3. The molecule has 0 saturated heterocycles. The number of carboxylic acid groups (broad SMARTS) is 1. The fraction of sp³-hybridized carbons (Fsp3) is 0.176. The maximum absolute atomic E-state index is 11.1. The lowest BCUT2D eigenvalue weighted by Crippen LogP contribution is -2.29. The third-order valence-corrected chi connectivity index (χ3v) is 3.64. The van der Waals surface area contributed by atoms with Gasteiger partial charge < -0.3 is 9.53 Å². The summed E-state index contributed by atoms with van der Waals surface area (Å²) in [5, 5.41) is 9.12. The second kappa shape index (κ2) is 6.57. The first-order chi connectivity index (χ1) is 10.3. The van der Waals surface area contributed by atoms with Crippen LogP contribution in [0, 0.1) is 0 Å². The summed E-state index contributed by atoms with van der Waals surface area (Å²) in [6.07, 6.45) is 1.65. The molecule has 0 bridgehead atoms. The van der Waals surface area contributed by atoms with Crippen LogP contribution in [-0.2, 0) is 0 Å². The fourth-order valence-electron chi connectivity index (χ4n) is 1.89. The minimum absolute atomic E-state index is 0.192. The molecule has 0 radical (unpaired) electrons. The molecule has 0 fully saturated rings. The summed E-state index contributed by atoms with van der Waals surface area (Å²) in [7, 11) is -1.61. The molecule has 0 aromatic heterocycles. The standard InChI is InChI=1S/C17H19NO3Si/c1-22(2,3)21-14-10-8-13(9-11-14)12-18-16-7-5-4-6-15(16)17(19)20/h4-12H,1-3H3,(H,19,20). The molecule has 0 heterocycles. The van der Waals surface area contributed by atoms with Gasteiger partial charge in [0.1, 0.15) is 5.75 Å². The van der Waals surface area contributed by atoms with Crippen molar-refractivity contribution in [2.75, 3.05) is 0 Å². The lowest BCUT2D eigenvalue weighted by molar-refractivity contribution is 0.0698. The molecule has 0 atom stereocenters. The Morgan fingerprint density at radius 3 is 2.32 bits per heavy atom. The van der Waals surface area contributed by atoms with Crippen molar-refractivity contribution in [3.05, 3.63) is 59.7 Å². The second-order valence-corrected chi connectivity index (χ2v) is 10.3. The Hall–Kier alpha value is -2.40. The van der Waals surface area contributed by atoms with Gasteiger partial charge in [-0.25, -0.2) is 4.79 Å². The van der Waals surface area contributed by atoms with Crippen molar-refractivity contribution in [2.24, 2.45) is 4.99 Å². The van der Waals surface area contributed by atoms with Crippen molar-refractivity contribution in [3.63, 3.8) is 0 Å². The summed E-state index contributed by atoms with van der Waals surface area (Å²) in [4.78, 5) is 15.4. The number of nitrogens with zero attached hydrogens (tertiary/aromatic N) is 1. The van der Waals surface area contributed by atoms with Crippen LogP contribution in [0.15, 0.2) is 53.5 Å². The van der Waals surface area contributed by atoms with E-state index in [-0.39, 0.29) is 5.56 Å². The van der Waals surface area contributed by atoms with E-state index in [0.29, 0.717) is 5.69 Å². The maximum atomic E-state index is 11.1. The summed E-state index contributed by atoms with van der Waals surface area (Å²) < 4.78 is 5.89. The van der Waals surface area contributed by atoms with E-state index in [1.165, 1.54) is 0 Å².